The van der Waals surface area contributed by atoms with Crippen molar-refractivity contribution in [2.75, 3.05) is 20.4 Å². The number of halogens is 6. The molecule has 2 aliphatic rings. The molecule has 26 heteroatoms. The molecule has 0 amide bonds. The van der Waals surface area contributed by atoms with E-state index < -0.39 is 53.8 Å². The summed E-state index contributed by atoms with van der Waals surface area (Å²) in [6.07, 6.45) is 0.450. The highest BCUT2D eigenvalue weighted by Gasteiger charge is 2.49. The SMILES string of the molecule is C/C(Cc1ccccc1)=C1/OC(=O)c2ccccc21.COC(=O)C1(O)c2ccccc2-c2ccc(Cl)cc21.O=C(CC(=O)c1ccccc1C(=O)O)c1ccccc1.O=C(O)COc1ccc(Cl)cc1Cl.O=C(O)c1c(Cl)ccc(Cl)c1Cl.O=C(O)c1ccccc1.O=C(O)c1ccccc1C(=O)c1ccc2ccc3cccc4ccc1c2c34.[2H]CP. The number of carbonyl (C=O) groups excluding carboxylic acids is 5. The minimum atomic E-state index is -1.79. The number of hydrogen-bond acceptors (Lipinski definition) is 14. The summed E-state index contributed by atoms with van der Waals surface area (Å²) >= 11 is 34.1. The number of ether oxygens (including phenoxy) is 3. The van der Waals surface area contributed by atoms with Crippen LogP contribution in [0.1, 0.15) is 125 Å². The second-order valence-corrected chi connectivity index (χ2v) is 28.5. The fraction of sp³-hybridized carbons (Fsp3) is 0.0737. The van der Waals surface area contributed by atoms with Gasteiger partial charge in [-0.15, -0.1) is 9.24 Å². The van der Waals surface area contributed by atoms with Gasteiger partial charge >= 0.3 is 41.8 Å². The van der Waals surface area contributed by atoms with Gasteiger partial charge in [0, 0.05) is 50.4 Å². The predicted octanol–water partition coefficient (Wildman–Crippen LogP) is 22.6. The van der Waals surface area contributed by atoms with Crippen LogP contribution in [0.4, 0.5) is 0 Å². The van der Waals surface area contributed by atoms with Crippen molar-refractivity contribution in [2.24, 2.45) is 0 Å². The molecule has 0 saturated carbocycles. The van der Waals surface area contributed by atoms with Gasteiger partial charge in [0.1, 0.15) is 11.5 Å². The average molecular weight is 1760 g/mol. The molecule has 19 nitrogen and oxygen atoms in total. The second-order valence-electron chi connectivity index (χ2n) is 26.0. The van der Waals surface area contributed by atoms with Gasteiger partial charge in [0.25, 0.3) is 0 Å². The Kier molecular flexibility index (Phi) is 32.3. The maximum Gasteiger partial charge on any atom is 0.347 e. The highest BCUT2D eigenvalue weighted by atomic mass is 35.5. The van der Waals surface area contributed by atoms with Crippen LogP contribution in [0.5, 0.6) is 5.75 Å². The molecule has 0 spiro atoms. The summed E-state index contributed by atoms with van der Waals surface area (Å²) in [5.41, 5.74) is 6.01. The number of methoxy groups -OCH3 is 1. The van der Waals surface area contributed by atoms with Gasteiger partial charge in [-0.3, -0.25) is 14.4 Å². The fourth-order valence-electron chi connectivity index (χ4n) is 12.8. The van der Waals surface area contributed by atoms with Gasteiger partial charge in [0.05, 0.1) is 61.4 Å². The third kappa shape index (κ3) is 22.7. The van der Waals surface area contributed by atoms with E-state index in [9.17, 15) is 58.2 Å². The number of aliphatic hydroxyl groups is 1. The van der Waals surface area contributed by atoms with Gasteiger partial charge in [0.2, 0.25) is 5.60 Å². The van der Waals surface area contributed by atoms with Crippen LogP contribution >= 0.6 is 78.8 Å². The number of Topliss-reactive ketones (excluding diaryl/α,β-unsaturated/α-hetero) is 2. The topological polar surface area (TPSA) is 320 Å². The quantitative estimate of drug-likeness (QED) is 0.0131. The Bertz CT molecular complexity index is 6260. The molecule has 0 aromatic heterocycles. The zero-order chi connectivity index (χ0) is 88.5. The third-order valence-corrected chi connectivity index (χ3v) is 20.2. The van der Waals surface area contributed by atoms with Crippen LogP contribution in [-0.4, -0.2) is 110 Å². The standard InChI is InChI=1S/C24H14O3.C17H14O2.C16H12O4.C15H11ClO3.C8H6Cl2O3.C7H3Cl3O2.C7H6O2.CH5P/c25-23(18-6-1-2-7-20(18)24(26)27)19-13-11-16-9-8-14-4-3-5-15-10-12-17(19)22(16)21(14)15;1-12(11-13-7-3-2-4-8-13)16-14-9-5-6-10-15(14)17(18)19-16;17-14(11-6-2-1-3-7-11)10-15(18)12-8-4-5-9-13(12)16(19)20;1-19-14(17)15(18)12-5-3-2-4-10(12)11-7-6-9(16)8-13(11)15;9-5-1-2-7(6(10)3-5)13-4-8(11)12;8-3-1-2-4(9)6(10)5(3)7(11)12;8-7(9)6-4-2-1-3-5-6;1-2/h1-13H,(H,26,27);2-10H,11H2,1H3;1-9H,10H2,(H,19,20);2-8,18H,1H3;1-3H,4H2,(H,11,12);1-2H,(H,11,12);1-5H,(H,8,9);2H2,1H3/b;16-12-;;;;;;/i;;;;;;;1D. The van der Waals surface area contributed by atoms with Gasteiger partial charge in [-0.05, 0) is 147 Å². The lowest BCUT2D eigenvalue weighted by molar-refractivity contribution is -0.158. The van der Waals surface area contributed by atoms with Crippen molar-refractivity contribution in [1.29, 1.82) is 0 Å². The van der Waals surface area contributed by atoms with Gasteiger partial charge in [-0.25, -0.2) is 33.6 Å². The lowest BCUT2D eigenvalue weighted by Crippen LogP contribution is -2.36. The maximum atomic E-state index is 13.3. The second kappa shape index (κ2) is 43.2. The molecule has 1 aliphatic carbocycles. The smallest absolute Gasteiger partial charge is 0.347 e. The van der Waals surface area contributed by atoms with Gasteiger partial charge in [-0.2, -0.15) is 0 Å². The first-order valence-corrected chi connectivity index (χ1v) is 39.2. The zero-order valence-corrected chi connectivity index (χ0v) is 69.6. The van der Waals surface area contributed by atoms with E-state index in [2.05, 4.69) is 45.6 Å². The van der Waals surface area contributed by atoms with Crippen LogP contribution < -0.4 is 4.74 Å². The van der Waals surface area contributed by atoms with Crippen molar-refractivity contribution in [3.05, 3.63) is 399 Å². The summed E-state index contributed by atoms with van der Waals surface area (Å²) in [6.45, 7) is 2.01. The summed E-state index contributed by atoms with van der Waals surface area (Å²) in [4.78, 5) is 115. The summed E-state index contributed by atoms with van der Waals surface area (Å²) < 4.78 is 21.2. The van der Waals surface area contributed by atoms with Gasteiger partial charge in [0.15, 0.2) is 24.0 Å². The minimum Gasteiger partial charge on any atom is -0.480 e. The Morgan fingerprint density at radius 3 is 1.50 bits per heavy atom. The van der Waals surface area contributed by atoms with E-state index in [1.54, 1.807) is 140 Å². The molecule has 6 N–H and O–H groups in total. The molecule has 1 heterocycles. The molecule has 121 heavy (non-hydrogen) atoms. The number of allylic oxidation sites excluding steroid dienone is 1. The number of carbonyl (C=O) groups is 10. The number of aromatic carboxylic acids is 4. The highest BCUT2D eigenvalue weighted by Crippen LogP contribution is 2.49. The molecule has 14 aromatic rings. The Balaban J connectivity index is 0.000000164. The highest BCUT2D eigenvalue weighted by molar-refractivity contribution is 7.15. The molecular weight excluding hydrogens is 1690 g/mol. The number of esters is 2. The van der Waals surface area contributed by atoms with E-state index in [1.807, 2.05) is 79.7 Å². The van der Waals surface area contributed by atoms with Crippen LogP contribution in [0.25, 0.3) is 49.2 Å². The molecular formula is C95H71Cl6O19P. The van der Waals surface area contributed by atoms with Crippen LogP contribution in [-0.2, 0) is 31.1 Å². The number of carboxylic acid groups (broad SMARTS) is 5. The third-order valence-electron chi connectivity index (χ3n) is 18.3. The van der Waals surface area contributed by atoms with Crippen molar-refractivity contribution in [3.8, 4) is 16.9 Å². The van der Waals surface area contributed by atoms with Crippen molar-refractivity contribution in [3.63, 3.8) is 0 Å². The first kappa shape index (κ1) is 90.4. The van der Waals surface area contributed by atoms with Crippen LogP contribution in [0.2, 0.25) is 30.1 Å². The summed E-state index contributed by atoms with van der Waals surface area (Å²) in [5.74, 6) is -6.41. The van der Waals surface area contributed by atoms with E-state index in [0.29, 0.717) is 66.6 Å². The minimum absolute atomic E-state index is 0.0215. The number of hydrogen-bond donors (Lipinski definition) is 6. The largest absolute Gasteiger partial charge is 0.480 e. The van der Waals surface area contributed by atoms with Crippen molar-refractivity contribution in [1.82, 2.24) is 0 Å². The van der Waals surface area contributed by atoms with E-state index in [0.717, 1.165) is 61.0 Å². The van der Waals surface area contributed by atoms with E-state index in [4.69, 9.17) is 106 Å². The van der Waals surface area contributed by atoms with Crippen LogP contribution in [0.15, 0.2) is 297 Å². The number of cyclic esters (lactones) is 1. The Hall–Kier alpha value is -12.9. The van der Waals surface area contributed by atoms with Crippen LogP contribution in [0, 0.1) is 0 Å². The number of fused-ring (bicyclic) bond motifs is 4. The monoisotopic (exact) mass is 1760 g/mol. The lowest BCUT2D eigenvalue weighted by Gasteiger charge is -2.22. The van der Waals surface area contributed by atoms with Crippen molar-refractivity contribution in [2.45, 2.75) is 25.4 Å². The molecule has 612 valence electrons. The molecule has 2 unspecified atom stereocenters. The van der Waals surface area contributed by atoms with E-state index in [-0.39, 0.29) is 66.8 Å². The summed E-state index contributed by atoms with van der Waals surface area (Å²) in [6, 6.07) is 84.5. The molecule has 14 aromatic carbocycles. The molecule has 0 bridgehead atoms. The molecule has 0 saturated heterocycles. The first-order chi connectivity index (χ1) is 58.4. The molecule has 2 atom stereocenters. The van der Waals surface area contributed by atoms with E-state index in [1.165, 1.54) is 55.1 Å². The Labute approximate surface area is 727 Å². The zero-order valence-electron chi connectivity index (χ0n) is 64.9. The van der Waals surface area contributed by atoms with Gasteiger partial charge in [-0.1, -0.05) is 289 Å². The number of benzene rings is 14. The fourth-order valence-corrected chi connectivity index (χ4v) is 14.1. The van der Waals surface area contributed by atoms with Crippen molar-refractivity contribution < 1.29 is 94.2 Å². The van der Waals surface area contributed by atoms with Crippen LogP contribution in [0.3, 0.4) is 0 Å². The summed E-state index contributed by atoms with van der Waals surface area (Å²) in [7, 11) is 3.50. The molecule has 0 radical (unpaired) electrons. The first-order valence-electron chi connectivity index (χ1n) is 36.8. The number of carboxylic acids is 5. The maximum absolute atomic E-state index is 13.3. The van der Waals surface area contributed by atoms with Gasteiger partial charge < -0.3 is 44.8 Å². The predicted molar refractivity (Wildman–Crippen MR) is 474 cm³/mol. The molecule has 0 fully saturated rings. The Morgan fingerprint density at radius 2 is 0.934 bits per heavy atom. The molecule has 1 aliphatic heterocycles. The Morgan fingerprint density at radius 1 is 0.446 bits per heavy atom. The number of rotatable bonds is 16. The van der Waals surface area contributed by atoms with Crippen molar-refractivity contribution >= 4 is 176 Å². The number of aliphatic carboxylic acids is 1. The number of ketones is 3. The lowest BCUT2D eigenvalue weighted by atomic mass is 9.89. The molecule has 16 rings (SSSR count). The average Bonchev–Trinajstić information content (AvgIpc) is 1.70. The summed E-state index contributed by atoms with van der Waals surface area (Å²) in [5, 5.41) is 62.5. The van der Waals surface area contributed by atoms with E-state index >= 15 is 0 Å². The normalized spacial score (nSPS) is 12.6.